The molecule has 7 nitrogen and oxygen atoms in total. The Hall–Kier alpha value is -4.13. The SMILES string of the molecule is O=C(NC1CCN(C(=O)c2ccccc2OCc2cn3ccccc3n2)CC1)c1ccccc1. The predicted octanol–water partition coefficient (Wildman–Crippen LogP) is 3.95. The van der Waals surface area contributed by atoms with Gasteiger partial charge in [0.15, 0.2) is 0 Å². The van der Waals surface area contributed by atoms with Crippen LogP contribution in [0.3, 0.4) is 0 Å². The lowest BCUT2D eigenvalue weighted by Crippen LogP contribution is -2.46. The van der Waals surface area contributed by atoms with Crippen molar-refractivity contribution in [1.82, 2.24) is 19.6 Å². The number of fused-ring (bicyclic) bond motifs is 1. The highest BCUT2D eigenvalue weighted by molar-refractivity contribution is 5.97. The molecule has 0 atom stereocenters. The second-order valence-corrected chi connectivity index (χ2v) is 8.39. The van der Waals surface area contributed by atoms with Crippen LogP contribution in [-0.4, -0.2) is 45.2 Å². The molecule has 5 rings (SSSR count). The minimum absolute atomic E-state index is 0.0540. The first-order chi connectivity index (χ1) is 16.7. The molecular weight excluding hydrogens is 428 g/mol. The molecule has 0 saturated carbocycles. The number of amides is 2. The Balaban J connectivity index is 1.19. The predicted molar refractivity (Wildman–Crippen MR) is 129 cm³/mol. The van der Waals surface area contributed by atoms with E-state index in [1.165, 1.54) is 0 Å². The largest absolute Gasteiger partial charge is 0.486 e. The number of carbonyl (C=O) groups excluding carboxylic acids is 2. The van der Waals surface area contributed by atoms with Gasteiger partial charge in [-0.15, -0.1) is 0 Å². The summed E-state index contributed by atoms with van der Waals surface area (Å²) >= 11 is 0. The molecule has 1 fully saturated rings. The van der Waals surface area contributed by atoms with Gasteiger partial charge < -0.3 is 19.4 Å². The van der Waals surface area contributed by atoms with E-state index in [2.05, 4.69) is 10.3 Å². The van der Waals surface area contributed by atoms with E-state index in [-0.39, 0.29) is 24.5 Å². The van der Waals surface area contributed by atoms with Crippen molar-refractivity contribution in [2.45, 2.75) is 25.5 Å². The van der Waals surface area contributed by atoms with Crippen LogP contribution in [0.25, 0.3) is 5.65 Å². The minimum atomic E-state index is -0.0731. The topological polar surface area (TPSA) is 75.9 Å². The van der Waals surface area contributed by atoms with Gasteiger partial charge in [-0.1, -0.05) is 36.4 Å². The van der Waals surface area contributed by atoms with Crippen LogP contribution < -0.4 is 10.1 Å². The molecule has 1 N–H and O–H groups in total. The Morgan fingerprint density at radius 1 is 0.941 bits per heavy atom. The van der Waals surface area contributed by atoms with E-state index >= 15 is 0 Å². The zero-order valence-electron chi connectivity index (χ0n) is 18.8. The van der Waals surface area contributed by atoms with E-state index in [4.69, 9.17) is 4.74 Å². The van der Waals surface area contributed by atoms with Crippen molar-refractivity contribution in [1.29, 1.82) is 0 Å². The number of piperidine rings is 1. The smallest absolute Gasteiger partial charge is 0.257 e. The summed E-state index contributed by atoms with van der Waals surface area (Å²) in [6, 6.07) is 22.4. The fourth-order valence-electron chi connectivity index (χ4n) is 4.23. The van der Waals surface area contributed by atoms with Crippen LogP contribution in [-0.2, 0) is 6.61 Å². The molecule has 4 aromatic rings. The highest BCUT2D eigenvalue weighted by Crippen LogP contribution is 2.23. The van der Waals surface area contributed by atoms with Gasteiger partial charge >= 0.3 is 0 Å². The number of nitrogens with one attached hydrogen (secondary N) is 1. The summed E-state index contributed by atoms with van der Waals surface area (Å²) in [5.41, 5.74) is 2.84. The fraction of sp³-hybridized carbons (Fsp3) is 0.222. The summed E-state index contributed by atoms with van der Waals surface area (Å²) in [5, 5.41) is 3.08. The number of pyridine rings is 1. The lowest BCUT2D eigenvalue weighted by molar-refractivity contribution is 0.0693. The molecule has 1 saturated heterocycles. The maximum atomic E-state index is 13.3. The maximum absolute atomic E-state index is 13.3. The lowest BCUT2D eigenvalue weighted by atomic mass is 10.0. The number of hydrogen-bond acceptors (Lipinski definition) is 4. The quantitative estimate of drug-likeness (QED) is 0.479. The second-order valence-electron chi connectivity index (χ2n) is 8.39. The molecule has 1 aliphatic rings. The van der Waals surface area contributed by atoms with Crippen LogP contribution in [0.2, 0.25) is 0 Å². The monoisotopic (exact) mass is 454 g/mol. The first-order valence-electron chi connectivity index (χ1n) is 11.5. The van der Waals surface area contributed by atoms with Crippen LogP contribution in [0.15, 0.2) is 85.2 Å². The summed E-state index contributed by atoms with van der Waals surface area (Å²) in [6.07, 6.45) is 5.30. The first-order valence-corrected chi connectivity index (χ1v) is 11.5. The first kappa shape index (κ1) is 21.7. The highest BCUT2D eigenvalue weighted by Gasteiger charge is 2.26. The molecule has 3 heterocycles. The van der Waals surface area contributed by atoms with Crippen molar-refractivity contribution in [2.24, 2.45) is 0 Å². The van der Waals surface area contributed by atoms with Gasteiger partial charge in [0.2, 0.25) is 0 Å². The zero-order chi connectivity index (χ0) is 23.3. The number of likely N-dealkylation sites (tertiary alicyclic amines) is 1. The number of imidazole rings is 1. The highest BCUT2D eigenvalue weighted by atomic mass is 16.5. The number of aromatic nitrogens is 2. The number of para-hydroxylation sites is 1. The number of rotatable bonds is 6. The summed E-state index contributed by atoms with van der Waals surface area (Å²) in [5.74, 6) is 0.415. The van der Waals surface area contributed by atoms with Gasteiger partial charge in [0.25, 0.3) is 11.8 Å². The summed E-state index contributed by atoms with van der Waals surface area (Å²) in [4.78, 5) is 32.1. The normalized spacial score (nSPS) is 14.2. The fourth-order valence-corrected chi connectivity index (χ4v) is 4.23. The summed E-state index contributed by atoms with van der Waals surface area (Å²) < 4.78 is 7.95. The molecule has 2 aromatic heterocycles. The molecule has 34 heavy (non-hydrogen) atoms. The third kappa shape index (κ3) is 4.78. The third-order valence-corrected chi connectivity index (χ3v) is 6.06. The van der Waals surface area contributed by atoms with E-state index in [0.717, 1.165) is 11.3 Å². The molecule has 0 bridgehead atoms. The molecule has 172 valence electrons. The van der Waals surface area contributed by atoms with Crippen LogP contribution in [0.1, 0.15) is 39.3 Å². The Kier molecular flexibility index (Phi) is 6.25. The molecule has 0 aliphatic carbocycles. The van der Waals surface area contributed by atoms with Crippen LogP contribution in [0.4, 0.5) is 0 Å². The van der Waals surface area contributed by atoms with Crippen molar-refractivity contribution in [3.63, 3.8) is 0 Å². The van der Waals surface area contributed by atoms with E-state index in [0.29, 0.717) is 42.8 Å². The van der Waals surface area contributed by atoms with Crippen molar-refractivity contribution in [2.75, 3.05) is 13.1 Å². The number of ether oxygens (including phenoxy) is 1. The van der Waals surface area contributed by atoms with Gasteiger partial charge in [-0.3, -0.25) is 9.59 Å². The van der Waals surface area contributed by atoms with Crippen molar-refractivity contribution in [3.05, 3.63) is 102 Å². The maximum Gasteiger partial charge on any atom is 0.257 e. The number of carbonyl (C=O) groups is 2. The molecule has 0 unspecified atom stereocenters. The third-order valence-electron chi connectivity index (χ3n) is 6.06. The lowest BCUT2D eigenvalue weighted by Gasteiger charge is -2.32. The average molecular weight is 455 g/mol. The van der Waals surface area contributed by atoms with Crippen LogP contribution in [0, 0.1) is 0 Å². The summed E-state index contributed by atoms with van der Waals surface area (Å²) in [7, 11) is 0. The van der Waals surface area contributed by atoms with E-state index in [9.17, 15) is 9.59 Å². The molecular formula is C27H26N4O3. The molecule has 0 spiro atoms. The molecule has 1 aliphatic heterocycles. The van der Waals surface area contributed by atoms with Gasteiger partial charge in [-0.05, 0) is 49.2 Å². The molecule has 7 heteroatoms. The second kappa shape index (κ2) is 9.79. The number of nitrogens with zero attached hydrogens (tertiary/aromatic N) is 3. The van der Waals surface area contributed by atoms with Gasteiger partial charge in [0, 0.05) is 37.1 Å². The standard InChI is InChI=1S/C27H26N4O3/c32-26(20-8-2-1-3-9-20)29-21-13-16-30(17-14-21)27(33)23-10-4-5-11-24(23)34-19-22-18-31-15-7-6-12-25(31)28-22/h1-12,15,18,21H,13-14,16-17,19H2,(H,29,32). The molecule has 2 aromatic carbocycles. The van der Waals surface area contributed by atoms with E-state index < -0.39 is 0 Å². The minimum Gasteiger partial charge on any atom is -0.486 e. The van der Waals surface area contributed by atoms with Gasteiger partial charge in [-0.25, -0.2) is 4.98 Å². The molecule has 0 radical (unpaired) electrons. The van der Waals surface area contributed by atoms with Gasteiger partial charge in [-0.2, -0.15) is 0 Å². The Labute approximate surface area is 198 Å². The number of hydrogen-bond donors (Lipinski definition) is 1. The number of benzene rings is 2. The van der Waals surface area contributed by atoms with Crippen LogP contribution >= 0.6 is 0 Å². The van der Waals surface area contributed by atoms with Crippen molar-refractivity contribution < 1.29 is 14.3 Å². The Morgan fingerprint density at radius 3 is 2.47 bits per heavy atom. The van der Waals surface area contributed by atoms with Gasteiger partial charge in [0.1, 0.15) is 18.0 Å². The van der Waals surface area contributed by atoms with Crippen LogP contribution in [0.5, 0.6) is 5.75 Å². The van der Waals surface area contributed by atoms with Crippen molar-refractivity contribution in [3.8, 4) is 5.75 Å². The van der Waals surface area contributed by atoms with Crippen molar-refractivity contribution >= 4 is 17.5 Å². The van der Waals surface area contributed by atoms with Gasteiger partial charge in [0.05, 0.1) is 11.3 Å². The zero-order valence-corrected chi connectivity index (χ0v) is 18.8. The Bertz CT molecular complexity index is 1260. The Morgan fingerprint density at radius 2 is 1.68 bits per heavy atom. The van der Waals surface area contributed by atoms with E-state index in [1.54, 1.807) is 18.2 Å². The molecule has 2 amide bonds. The summed E-state index contributed by atoms with van der Waals surface area (Å²) in [6.45, 7) is 1.44. The average Bonchev–Trinajstić information content (AvgIpc) is 3.31. The van der Waals surface area contributed by atoms with E-state index in [1.807, 2.05) is 76.3 Å².